The number of rotatable bonds is 22. The second-order valence-corrected chi connectivity index (χ2v) is 20.0. The van der Waals surface area contributed by atoms with E-state index in [9.17, 15) is 53.4 Å². The van der Waals surface area contributed by atoms with Gasteiger partial charge in [-0.05, 0) is 63.0 Å². The molecule has 1 heterocycles. The number of aromatic carboxylic acids is 1. The van der Waals surface area contributed by atoms with Gasteiger partial charge in [0.1, 0.15) is 6.61 Å². The van der Waals surface area contributed by atoms with Gasteiger partial charge in [0.2, 0.25) is 29.5 Å². The number of hydrogen-bond donors (Lipinski definition) is 8. The SMILES string of the molecule is CCC(C)(C)C(=O)NCCNC(=O)C1CCCCC1C(=O)O.CCC(C)(C)C(=O)NCCOC(=O)c1nccnc1C(=O)O.CCC(C)(C)C(=O)Nc1ccccc1CCNC(=O)C1CCCCC1C(=O)O. The first kappa shape index (κ1) is 61.6. The Morgan fingerprint density at radius 3 is 1.44 bits per heavy atom. The number of benzene rings is 1. The van der Waals surface area contributed by atoms with Gasteiger partial charge in [-0.3, -0.25) is 33.6 Å². The highest BCUT2D eigenvalue weighted by atomic mass is 16.5. The predicted molar refractivity (Wildman–Crippen MR) is 268 cm³/mol. The largest absolute Gasteiger partial charge is 0.481 e. The lowest BCUT2D eigenvalue weighted by molar-refractivity contribution is -0.149. The molecule has 4 rings (SSSR count). The molecule has 0 saturated heterocycles. The summed E-state index contributed by atoms with van der Waals surface area (Å²) < 4.78 is 4.90. The van der Waals surface area contributed by atoms with Crippen molar-refractivity contribution in [3.63, 3.8) is 0 Å². The number of carboxylic acids is 3. The van der Waals surface area contributed by atoms with Crippen LogP contribution in [0.4, 0.5) is 5.69 Å². The molecule has 5 amide bonds. The van der Waals surface area contributed by atoms with Gasteiger partial charge in [0.15, 0.2) is 11.4 Å². The number of hydrogen-bond acceptors (Lipinski definition) is 12. The number of aliphatic carboxylic acids is 2. The second-order valence-electron chi connectivity index (χ2n) is 20.0. The summed E-state index contributed by atoms with van der Waals surface area (Å²) in [5.41, 5.74) is -0.494. The van der Waals surface area contributed by atoms with Crippen molar-refractivity contribution in [2.45, 2.75) is 139 Å². The summed E-state index contributed by atoms with van der Waals surface area (Å²) >= 11 is 0. The third-order valence-electron chi connectivity index (χ3n) is 13.7. The lowest BCUT2D eigenvalue weighted by atomic mass is 9.78. The third-order valence-corrected chi connectivity index (χ3v) is 13.7. The highest BCUT2D eigenvalue weighted by Crippen LogP contribution is 2.32. The Bertz CT molecular complexity index is 2180. The highest BCUT2D eigenvalue weighted by molar-refractivity contribution is 5.99. The standard InChI is InChI=1S/C22H32N2O4.C16H28N2O4.C14H19N3O5/c1-4-22(2,3)21(28)24-18-12-8-5-9-15(18)13-14-23-19(25)16-10-6-7-11-17(16)20(26)27;1-4-16(2,3)15(22)18-10-9-17-13(19)11-7-5-6-8-12(11)14(20)21;1-4-14(2,3)13(21)17-7-8-22-12(20)10-9(11(18)19)15-5-6-16-10/h5,8-9,12,16-17H,4,6-7,10-11,13-14H2,1-3H3,(H,23,25)(H,24,28)(H,26,27);11-12H,4-10H2,1-3H3,(H,17,19)(H,18,22)(H,20,21);5-6H,4,7-8H2,1-3H3,(H,17,21)(H,18,19). The van der Waals surface area contributed by atoms with E-state index in [1.54, 1.807) is 0 Å². The fourth-order valence-electron chi connectivity index (χ4n) is 7.56. The number of anilines is 1. The average Bonchev–Trinajstić information content (AvgIpc) is 3.36. The van der Waals surface area contributed by atoms with Gasteiger partial charge in [0, 0.05) is 54.0 Å². The molecule has 0 bridgehead atoms. The van der Waals surface area contributed by atoms with Gasteiger partial charge >= 0.3 is 23.9 Å². The van der Waals surface area contributed by atoms with E-state index in [2.05, 4.69) is 36.6 Å². The van der Waals surface area contributed by atoms with Gasteiger partial charge in [0.05, 0.1) is 30.2 Å². The zero-order chi connectivity index (χ0) is 54.2. The molecule has 20 nitrogen and oxygen atoms in total. The maximum Gasteiger partial charge on any atom is 0.359 e. The van der Waals surface area contributed by atoms with Gasteiger partial charge < -0.3 is 46.6 Å². The smallest absolute Gasteiger partial charge is 0.359 e. The molecule has 2 aliphatic carbocycles. The molecule has 4 unspecified atom stereocenters. The van der Waals surface area contributed by atoms with E-state index >= 15 is 0 Å². The van der Waals surface area contributed by atoms with Crippen LogP contribution in [0.1, 0.15) is 159 Å². The van der Waals surface area contributed by atoms with E-state index in [4.69, 9.17) is 9.84 Å². The monoisotopic (exact) mass is 1010 g/mol. The van der Waals surface area contributed by atoms with E-state index in [1.165, 1.54) is 12.4 Å². The van der Waals surface area contributed by atoms with Gasteiger partial charge in [-0.1, -0.05) is 106 Å². The first-order valence-corrected chi connectivity index (χ1v) is 25.0. The number of carbonyl (C=O) groups is 9. The number of para-hydroxylation sites is 1. The summed E-state index contributed by atoms with van der Waals surface area (Å²) in [5, 5.41) is 41.5. The summed E-state index contributed by atoms with van der Waals surface area (Å²) in [6.45, 7) is 18.2. The number of amides is 5. The molecule has 1 aromatic carbocycles. The van der Waals surface area contributed by atoms with Crippen LogP contribution in [0.15, 0.2) is 36.7 Å². The first-order chi connectivity index (χ1) is 33.8. The van der Waals surface area contributed by atoms with Crippen LogP contribution in [0.2, 0.25) is 0 Å². The van der Waals surface area contributed by atoms with Gasteiger partial charge in [-0.15, -0.1) is 0 Å². The molecule has 2 aromatic rings. The number of carboxylic acid groups (broad SMARTS) is 3. The summed E-state index contributed by atoms with van der Waals surface area (Å²) in [7, 11) is 0. The van der Waals surface area contributed by atoms with E-state index in [0.29, 0.717) is 58.2 Å². The van der Waals surface area contributed by atoms with E-state index < -0.39 is 69.5 Å². The normalized spacial score (nSPS) is 17.7. The summed E-state index contributed by atoms with van der Waals surface area (Å²) in [4.78, 5) is 113. The van der Waals surface area contributed by atoms with Crippen LogP contribution in [0.3, 0.4) is 0 Å². The zero-order valence-electron chi connectivity index (χ0n) is 43.6. The first-order valence-electron chi connectivity index (χ1n) is 25.0. The molecule has 2 aliphatic rings. The molecule has 0 aliphatic heterocycles. The Morgan fingerprint density at radius 1 is 0.556 bits per heavy atom. The molecule has 8 N–H and O–H groups in total. The van der Waals surface area contributed by atoms with Crippen LogP contribution in [0, 0.1) is 39.9 Å². The summed E-state index contributed by atoms with van der Waals surface area (Å²) in [5.74, 6) is -6.70. The Morgan fingerprint density at radius 2 is 0.972 bits per heavy atom. The van der Waals surface area contributed by atoms with Crippen molar-refractivity contribution in [2.75, 3.05) is 38.1 Å². The van der Waals surface area contributed by atoms with Gasteiger partial charge in [-0.2, -0.15) is 0 Å². The van der Waals surface area contributed by atoms with E-state index in [0.717, 1.165) is 49.8 Å². The minimum absolute atomic E-state index is 0.0296. The molecule has 400 valence electrons. The zero-order valence-corrected chi connectivity index (χ0v) is 43.6. The van der Waals surface area contributed by atoms with Crippen LogP contribution >= 0.6 is 0 Å². The van der Waals surface area contributed by atoms with Crippen molar-refractivity contribution in [1.29, 1.82) is 0 Å². The molecule has 0 radical (unpaired) electrons. The number of aromatic nitrogens is 2. The fourth-order valence-corrected chi connectivity index (χ4v) is 7.56. The number of nitrogens with one attached hydrogen (secondary N) is 5. The molecular weight excluding hydrogens is 931 g/mol. The molecule has 2 fully saturated rings. The lowest BCUT2D eigenvalue weighted by Gasteiger charge is -2.27. The van der Waals surface area contributed by atoms with E-state index in [1.807, 2.05) is 86.6 Å². The number of ether oxygens (including phenoxy) is 1. The second kappa shape index (κ2) is 29.8. The van der Waals surface area contributed by atoms with Crippen molar-refractivity contribution in [2.24, 2.45) is 39.9 Å². The lowest BCUT2D eigenvalue weighted by Crippen LogP contribution is -2.44. The molecular formula is C52H79N7O13. The number of carbonyl (C=O) groups excluding carboxylic acids is 6. The molecule has 2 saturated carbocycles. The van der Waals surface area contributed by atoms with Crippen molar-refractivity contribution in [1.82, 2.24) is 31.2 Å². The van der Waals surface area contributed by atoms with Gasteiger partial charge in [0.25, 0.3) is 0 Å². The minimum Gasteiger partial charge on any atom is -0.481 e. The minimum atomic E-state index is -1.36. The summed E-state index contributed by atoms with van der Waals surface area (Å²) in [6, 6.07) is 7.57. The molecule has 72 heavy (non-hydrogen) atoms. The highest BCUT2D eigenvalue weighted by Gasteiger charge is 2.37. The van der Waals surface area contributed by atoms with Crippen molar-refractivity contribution in [3.05, 3.63) is 53.6 Å². The Balaban J connectivity index is 0.000000375. The maximum absolute atomic E-state index is 12.5. The Labute approximate surface area is 423 Å². The van der Waals surface area contributed by atoms with Gasteiger partial charge in [-0.25, -0.2) is 19.6 Å². The maximum atomic E-state index is 12.5. The van der Waals surface area contributed by atoms with Crippen molar-refractivity contribution >= 4 is 59.1 Å². The third kappa shape index (κ3) is 19.6. The molecule has 20 heteroatoms. The number of nitrogens with zero attached hydrogens (tertiary/aromatic N) is 2. The van der Waals surface area contributed by atoms with Crippen LogP contribution in [-0.4, -0.2) is 111 Å². The Kier molecular flexibility index (Phi) is 25.5. The predicted octanol–water partition coefficient (Wildman–Crippen LogP) is 6.04. The number of esters is 1. The van der Waals surface area contributed by atoms with Crippen LogP contribution < -0.4 is 26.6 Å². The van der Waals surface area contributed by atoms with Crippen LogP contribution in [-0.2, 0) is 44.7 Å². The summed E-state index contributed by atoms with van der Waals surface area (Å²) in [6.07, 6.45) is 11.0. The molecule has 0 spiro atoms. The van der Waals surface area contributed by atoms with E-state index in [-0.39, 0.29) is 48.4 Å². The Hall–Kier alpha value is -6.47. The molecule has 1 aromatic heterocycles. The quantitative estimate of drug-likeness (QED) is 0.0492. The van der Waals surface area contributed by atoms with Crippen molar-refractivity contribution in [3.8, 4) is 0 Å². The molecule has 4 atom stereocenters. The van der Waals surface area contributed by atoms with Crippen LogP contribution in [0.25, 0.3) is 0 Å². The average molecular weight is 1010 g/mol. The van der Waals surface area contributed by atoms with Crippen molar-refractivity contribution < 1.29 is 63.2 Å². The van der Waals surface area contributed by atoms with Crippen LogP contribution in [0.5, 0.6) is 0 Å². The fraction of sp³-hybridized carbons (Fsp3) is 0.635. The topological polar surface area (TPSA) is 309 Å².